The van der Waals surface area contributed by atoms with E-state index >= 15 is 0 Å². The van der Waals surface area contributed by atoms with Crippen LogP contribution in [-0.4, -0.2) is 16.0 Å². The summed E-state index contributed by atoms with van der Waals surface area (Å²) >= 11 is 5.73. The fourth-order valence-electron chi connectivity index (χ4n) is 1.84. The maximum absolute atomic E-state index is 5.73. The Morgan fingerprint density at radius 2 is 2.20 bits per heavy atom. The number of hydrogen-bond acceptors (Lipinski definition) is 3. The molecule has 0 radical (unpaired) electrons. The van der Waals surface area contributed by atoms with E-state index in [0.717, 1.165) is 0 Å². The minimum Gasteiger partial charge on any atom is -0.366 e. The molecule has 78 valence electrons. The van der Waals surface area contributed by atoms with Crippen molar-refractivity contribution in [2.75, 3.05) is 5.32 Å². The number of hydrogen-bond donors (Lipinski definition) is 1. The van der Waals surface area contributed by atoms with Gasteiger partial charge in [0.15, 0.2) is 0 Å². The minimum absolute atomic E-state index is 0.231. The molecule has 0 amide bonds. The van der Waals surface area contributed by atoms with Gasteiger partial charge in [0.2, 0.25) is 5.28 Å². The topological polar surface area (TPSA) is 37.8 Å². The average molecular weight is 222 g/mol. The van der Waals surface area contributed by atoms with Crippen LogP contribution in [0.15, 0.2) is 6.20 Å². The molecule has 3 nitrogen and oxygen atoms in total. The van der Waals surface area contributed by atoms with E-state index in [2.05, 4.69) is 21.2 Å². The van der Waals surface area contributed by atoms with Gasteiger partial charge in [0.05, 0.1) is 5.56 Å². The summed E-state index contributed by atoms with van der Waals surface area (Å²) in [6.07, 6.45) is 11.8. The van der Waals surface area contributed by atoms with Gasteiger partial charge in [-0.05, 0) is 24.4 Å². The van der Waals surface area contributed by atoms with E-state index < -0.39 is 0 Å². The van der Waals surface area contributed by atoms with Crippen molar-refractivity contribution >= 4 is 17.4 Å². The largest absolute Gasteiger partial charge is 0.366 e. The summed E-state index contributed by atoms with van der Waals surface area (Å²) in [5.74, 6) is 3.24. The molecule has 1 saturated carbocycles. The van der Waals surface area contributed by atoms with Gasteiger partial charge in [0.25, 0.3) is 0 Å². The highest BCUT2D eigenvalue weighted by atomic mass is 35.5. The molecular weight excluding hydrogens is 210 g/mol. The number of aromatic nitrogens is 2. The van der Waals surface area contributed by atoms with Crippen LogP contribution in [0, 0.1) is 12.3 Å². The molecule has 0 aliphatic heterocycles. The number of nitrogens with one attached hydrogen (secondary N) is 1. The van der Waals surface area contributed by atoms with Gasteiger partial charge in [-0.1, -0.05) is 18.8 Å². The lowest BCUT2D eigenvalue weighted by atomic mass is 10.2. The van der Waals surface area contributed by atoms with E-state index in [-0.39, 0.29) is 5.28 Å². The van der Waals surface area contributed by atoms with E-state index in [9.17, 15) is 0 Å². The summed E-state index contributed by atoms with van der Waals surface area (Å²) in [7, 11) is 0. The first-order valence-electron chi connectivity index (χ1n) is 5.05. The van der Waals surface area contributed by atoms with Crippen LogP contribution in [0.2, 0.25) is 5.28 Å². The smallest absolute Gasteiger partial charge is 0.224 e. The number of nitrogens with zero attached hydrogens (tertiary/aromatic N) is 2. The molecule has 1 aliphatic carbocycles. The molecule has 15 heavy (non-hydrogen) atoms. The van der Waals surface area contributed by atoms with Gasteiger partial charge in [-0.3, -0.25) is 0 Å². The first-order valence-corrected chi connectivity index (χ1v) is 5.43. The van der Waals surface area contributed by atoms with Crippen molar-refractivity contribution in [1.82, 2.24) is 9.97 Å². The van der Waals surface area contributed by atoms with Gasteiger partial charge in [-0.25, -0.2) is 4.98 Å². The van der Waals surface area contributed by atoms with Gasteiger partial charge in [-0.15, -0.1) is 6.42 Å². The van der Waals surface area contributed by atoms with E-state index in [4.69, 9.17) is 18.0 Å². The third kappa shape index (κ3) is 2.40. The molecule has 0 aromatic carbocycles. The molecule has 2 rings (SSSR count). The molecule has 0 saturated heterocycles. The lowest BCUT2D eigenvalue weighted by molar-refractivity contribution is 0.749. The van der Waals surface area contributed by atoms with Crippen LogP contribution in [0.1, 0.15) is 31.2 Å². The third-order valence-corrected chi connectivity index (χ3v) is 2.79. The second kappa shape index (κ2) is 4.50. The van der Waals surface area contributed by atoms with Crippen LogP contribution in [0.3, 0.4) is 0 Å². The maximum atomic E-state index is 5.73. The number of terminal acetylenes is 1. The minimum atomic E-state index is 0.231. The van der Waals surface area contributed by atoms with Crippen LogP contribution in [0.4, 0.5) is 5.82 Å². The zero-order valence-electron chi connectivity index (χ0n) is 8.33. The Hall–Kier alpha value is -1.27. The Labute approximate surface area is 94.3 Å². The highest BCUT2D eigenvalue weighted by Gasteiger charge is 2.16. The van der Waals surface area contributed by atoms with Gasteiger partial charge >= 0.3 is 0 Å². The summed E-state index contributed by atoms with van der Waals surface area (Å²) in [5, 5.41) is 3.55. The summed E-state index contributed by atoms with van der Waals surface area (Å²) in [5.41, 5.74) is 0.672. The Kier molecular flexibility index (Phi) is 3.08. The monoisotopic (exact) mass is 221 g/mol. The molecule has 1 aromatic rings. The molecule has 4 heteroatoms. The second-order valence-electron chi connectivity index (χ2n) is 3.67. The first-order chi connectivity index (χ1) is 7.29. The van der Waals surface area contributed by atoms with Crippen LogP contribution < -0.4 is 5.32 Å². The van der Waals surface area contributed by atoms with Crippen LogP contribution in [0.5, 0.6) is 0 Å². The molecule has 0 spiro atoms. The zero-order valence-corrected chi connectivity index (χ0v) is 9.09. The molecule has 1 heterocycles. The Balaban J connectivity index is 2.18. The van der Waals surface area contributed by atoms with Crippen LogP contribution in [0.25, 0.3) is 0 Å². The number of anilines is 1. The SMILES string of the molecule is C#Cc1cnc(Cl)nc1NC1CCCC1. The van der Waals surface area contributed by atoms with Gasteiger partial charge in [0.1, 0.15) is 5.82 Å². The molecule has 0 bridgehead atoms. The van der Waals surface area contributed by atoms with Crippen molar-refractivity contribution in [2.45, 2.75) is 31.7 Å². The standard InChI is InChI=1S/C11H12ClN3/c1-2-8-7-13-11(12)15-10(8)14-9-5-3-4-6-9/h1,7,9H,3-6H2,(H,13,14,15). The number of rotatable bonds is 2. The predicted molar refractivity (Wildman–Crippen MR) is 60.9 cm³/mol. The van der Waals surface area contributed by atoms with E-state index in [1.807, 2.05) is 0 Å². The van der Waals surface area contributed by atoms with Crippen LogP contribution >= 0.6 is 11.6 Å². The molecular formula is C11H12ClN3. The van der Waals surface area contributed by atoms with Crippen molar-refractivity contribution in [2.24, 2.45) is 0 Å². The van der Waals surface area contributed by atoms with E-state index in [0.29, 0.717) is 17.4 Å². The molecule has 1 fully saturated rings. The molecule has 1 aromatic heterocycles. The van der Waals surface area contributed by atoms with E-state index in [1.54, 1.807) is 6.20 Å². The summed E-state index contributed by atoms with van der Waals surface area (Å²) in [6.45, 7) is 0. The highest BCUT2D eigenvalue weighted by molar-refractivity contribution is 6.28. The van der Waals surface area contributed by atoms with Crippen molar-refractivity contribution in [1.29, 1.82) is 0 Å². The van der Waals surface area contributed by atoms with Crippen molar-refractivity contribution in [3.8, 4) is 12.3 Å². The van der Waals surface area contributed by atoms with Crippen molar-refractivity contribution < 1.29 is 0 Å². The Morgan fingerprint density at radius 3 is 2.87 bits per heavy atom. The zero-order chi connectivity index (χ0) is 10.7. The fourth-order valence-corrected chi connectivity index (χ4v) is 1.97. The fraction of sp³-hybridized carbons (Fsp3) is 0.455. The van der Waals surface area contributed by atoms with Gasteiger partial charge in [0, 0.05) is 12.2 Å². The van der Waals surface area contributed by atoms with Crippen LogP contribution in [-0.2, 0) is 0 Å². The summed E-state index contributed by atoms with van der Waals surface area (Å²) < 4.78 is 0. The Bertz CT molecular complexity index is 391. The quantitative estimate of drug-likeness (QED) is 0.616. The van der Waals surface area contributed by atoms with Gasteiger partial charge < -0.3 is 5.32 Å². The normalized spacial score (nSPS) is 16.3. The maximum Gasteiger partial charge on any atom is 0.224 e. The third-order valence-electron chi connectivity index (χ3n) is 2.61. The first kappa shape index (κ1) is 10.3. The lowest BCUT2D eigenvalue weighted by Crippen LogP contribution is -2.16. The van der Waals surface area contributed by atoms with Crippen molar-refractivity contribution in [3.63, 3.8) is 0 Å². The Morgan fingerprint density at radius 1 is 1.47 bits per heavy atom. The van der Waals surface area contributed by atoms with Gasteiger partial charge in [-0.2, -0.15) is 4.98 Å². The molecule has 1 N–H and O–H groups in total. The summed E-state index contributed by atoms with van der Waals surface area (Å²) in [6, 6.07) is 0.475. The molecule has 0 unspecified atom stereocenters. The predicted octanol–water partition coefficient (Wildman–Crippen LogP) is 2.47. The molecule has 0 atom stereocenters. The summed E-state index contributed by atoms with van der Waals surface area (Å²) in [4.78, 5) is 7.97. The number of halogens is 1. The molecule has 1 aliphatic rings. The van der Waals surface area contributed by atoms with E-state index in [1.165, 1.54) is 25.7 Å². The van der Waals surface area contributed by atoms with Crippen molar-refractivity contribution in [3.05, 3.63) is 17.0 Å². The average Bonchev–Trinajstić information content (AvgIpc) is 2.71. The lowest BCUT2D eigenvalue weighted by Gasteiger charge is -2.13. The highest BCUT2D eigenvalue weighted by Crippen LogP contribution is 2.23. The second-order valence-corrected chi connectivity index (χ2v) is 4.01.